The number of rotatable bonds is 3. The van der Waals surface area contributed by atoms with Gasteiger partial charge in [0.25, 0.3) is 0 Å². The van der Waals surface area contributed by atoms with Crippen LogP contribution in [-0.2, 0) is 0 Å². The first-order valence-electron chi connectivity index (χ1n) is 5.71. The lowest BCUT2D eigenvalue weighted by Gasteiger charge is -2.07. The number of benzene rings is 2. The molecule has 1 nitrogen and oxygen atoms in total. The minimum Gasteiger partial charge on any atom is -0.289 e. The summed E-state index contributed by atoms with van der Waals surface area (Å²) in [5, 5.41) is 1.59. The van der Waals surface area contributed by atoms with Crippen LogP contribution in [0, 0.1) is 13.8 Å². The molecule has 0 aliphatic carbocycles. The van der Waals surface area contributed by atoms with E-state index in [2.05, 4.69) is 0 Å². The summed E-state index contributed by atoms with van der Waals surface area (Å²) in [5.74, 6) is 0. The van der Waals surface area contributed by atoms with Crippen molar-refractivity contribution >= 4 is 31.0 Å². The van der Waals surface area contributed by atoms with Gasteiger partial charge in [-0.05, 0) is 44.9 Å². The average molecular weight is 277 g/mol. The van der Waals surface area contributed by atoms with Crippen molar-refractivity contribution in [1.82, 2.24) is 0 Å². The van der Waals surface area contributed by atoms with Crippen molar-refractivity contribution in [3.8, 4) is 0 Å². The highest BCUT2D eigenvalue weighted by Gasteiger charge is 2.11. The molecule has 0 fully saturated rings. The van der Waals surface area contributed by atoms with E-state index in [0.717, 1.165) is 22.0 Å². The standard InChI is InChI=1S/C15H14ClOP/c1-10-7-8-14(13(16)9-10)18-15(17)12-6-4-3-5-11(12)2/h3-9,18H,1-2H3. The number of carbonyl (C=O) groups excluding carboxylic acids is 1. The van der Waals surface area contributed by atoms with E-state index in [1.807, 2.05) is 56.3 Å². The molecule has 0 aromatic heterocycles. The van der Waals surface area contributed by atoms with E-state index >= 15 is 0 Å². The Labute approximate surface area is 114 Å². The minimum atomic E-state index is 0.0764. The Hall–Kier alpha value is -1.17. The normalized spacial score (nSPS) is 11.1. The zero-order valence-electron chi connectivity index (χ0n) is 10.3. The smallest absolute Gasteiger partial charge is 0.185 e. The van der Waals surface area contributed by atoms with Crippen LogP contribution < -0.4 is 5.30 Å². The Morgan fingerprint density at radius 3 is 2.50 bits per heavy atom. The molecular formula is C15H14ClOP. The van der Waals surface area contributed by atoms with Crippen molar-refractivity contribution in [3.63, 3.8) is 0 Å². The van der Waals surface area contributed by atoms with Crippen molar-refractivity contribution < 1.29 is 4.79 Å². The Kier molecular flexibility index (Phi) is 4.16. The van der Waals surface area contributed by atoms with E-state index < -0.39 is 0 Å². The number of hydrogen-bond donors (Lipinski definition) is 0. The van der Waals surface area contributed by atoms with Crippen LogP contribution in [0.4, 0.5) is 0 Å². The van der Waals surface area contributed by atoms with E-state index in [1.165, 1.54) is 0 Å². The second kappa shape index (κ2) is 5.65. The molecule has 2 rings (SSSR count). The Bertz CT molecular complexity index is 593. The highest BCUT2D eigenvalue weighted by atomic mass is 35.5. The molecule has 0 aliphatic heterocycles. The maximum atomic E-state index is 12.2. The molecule has 0 N–H and O–H groups in total. The molecule has 0 heterocycles. The molecule has 0 amide bonds. The Morgan fingerprint density at radius 2 is 1.83 bits per heavy atom. The average Bonchev–Trinajstić information content (AvgIpc) is 2.33. The quantitative estimate of drug-likeness (QED) is 0.772. The van der Waals surface area contributed by atoms with Gasteiger partial charge < -0.3 is 0 Å². The fourth-order valence-electron chi connectivity index (χ4n) is 1.74. The van der Waals surface area contributed by atoms with Crippen LogP contribution in [0.3, 0.4) is 0 Å². The molecule has 92 valence electrons. The number of hydrogen-bond acceptors (Lipinski definition) is 1. The SMILES string of the molecule is Cc1ccc(PC(=O)c2ccccc2C)c(Cl)c1. The summed E-state index contributed by atoms with van der Waals surface area (Å²) in [5.41, 5.74) is 3.04. The highest BCUT2D eigenvalue weighted by molar-refractivity contribution is 7.66. The van der Waals surface area contributed by atoms with Crippen LogP contribution in [0.1, 0.15) is 21.5 Å². The molecule has 0 aliphatic rings. The zero-order valence-corrected chi connectivity index (χ0v) is 12.1. The minimum absolute atomic E-state index is 0.0764. The van der Waals surface area contributed by atoms with Gasteiger partial charge in [0.05, 0.1) is 0 Å². The van der Waals surface area contributed by atoms with Crippen molar-refractivity contribution in [2.75, 3.05) is 0 Å². The van der Waals surface area contributed by atoms with Crippen molar-refractivity contribution in [1.29, 1.82) is 0 Å². The fourth-order valence-corrected chi connectivity index (χ4v) is 3.13. The number of halogens is 1. The molecule has 2 aromatic carbocycles. The molecule has 0 bridgehead atoms. The third-order valence-electron chi connectivity index (χ3n) is 2.76. The first-order valence-corrected chi connectivity index (χ1v) is 7.09. The van der Waals surface area contributed by atoms with Crippen LogP contribution in [0.25, 0.3) is 0 Å². The summed E-state index contributed by atoms with van der Waals surface area (Å²) in [6, 6.07) is 13.5. The monoisotopic (exact) mass is 276 g/mol. The molecular weight excluding hydrogens is 263 g/mol. The van der Waals surface area contributed by atoms with Crippen LogP contribution in [0.2, 0.25) is 5.02 Å². The summed E-state index contributed by atoms with van der Waals surface area (Å²) >= 11 is 6.16. The van der Waals surface area contributed by atoms with Crippen LogP contribution in [0.5, 0.6) is 0 Å². The molecule has 3 heteroatoms. The predicted molar refractivity (Wildman–Crippen MR) is 79.6 cm³/mol. The zero-order chi connectivity index (χ0) is 13.1. The van der Waals surface area contributed by atoms with Crippen LogP contribution in [0.15, 0.2) is 42.5 Å². The Balaban J connectivity index is 2.24. The maximum absolute atomic E-state index is 12.2. The van der Waals surface area contributed by atoms with Gasteiger partial charge in [-0.1, -0.05) is 48.0 Å². The summed E-state index contributed by atoms with van der Waals surface area (Å²) in [4.78, 5) is 12.2. The van der Waals surface area contributed by atoms with Crippen molar-refractivity contribution in [3.05, 3.63) is 64.2 Å². The van der Waals surface area contributed by atoms with Crippen LogP contribution >= 0.6 is 20.2 Å². The van der Waals surface area contributed by atoms with Gasteiger partial charge in [-0.25, -0.2) is 0 Å². The predicted octanol–water partition coefficient (Wildman–Crippen LogP) is 4.10. The molecule has 1 atom stereocenters. The molecule has 2 aromatic rings. The first-order chi connectivity index (χ1) is 8.58. The second-order valence-electron chi connectivity index (χ2n) is 4.25. The molecule has 18 heavy (non-hydrogen) atoms. The molecule has 0 saturated carbocycles. The molecule has 1 unspecified atom stereocenters. The molecule has 0 radical (unpaired) electrons. The molecule has 0 spiro atoms. The topological polar surface area (TPSA) is 17.1 Å². The van der Waals surface area contributed by atoms with Crippen molar-refractivity contribution in [2.24, 2.45) is 0 Å². The van der Waals surface area contributed by atoms with E-state index in [1.54, 1.807) is 0 Å². The van der Waals surface area contributed by atoms with Gasteiger partial charge in [-0.3, -0.25) is 4.79 Å². The van der Waals surface area contributed by atoms with Gasteiger partial charge >= 0.3 is 0 Å². The molecule has 0 saturated heterocycles. The summed E-state index contributed by atoms with van der Waals surface area (Å²) in [7, 11) is 0.0764. The van der Waals surface area contributed by atoms with Gasteiger partial charge in [-0.2, -0.15) is 0 Å². The van der Waals surface area contributed by atoms with Gasteiger partial charge in [0, 0.05) is 10.6 Å². The van der Waals surface area contributed by atoms with E-state index in [-0.39, 0.29) is 14.1 Å². The third kappa shape index (κ3) is 2.98. The maximum Gasteiger partial charge on any atom is 0.185 e. The fraction of sp³-hybridized carbons (Fsp3) is 0.133. The largest absolute Gasteiger partial charge is 0.289 e. The third-order valence-corrected chi connectivity index (χ3v) is 4.44. The lowest BCUT2D eigenvalue weighted by molar-refractivity contribution is 0.108. The lowest BCUT2D eigenvalue weighted by atomic mass is 10.1. The summed E-state index contributed by atoms with van der Waals surface area (Å²) in [6.45, 7) is 3.94. The lowest BCUT2D eigenvalue weighted by Crippen LogP contribution is -2.04. The Morgan fingerprint density at radius 1 is 1.11 bits per heavy atom. The van der Waals surface area contributed by atoms with Crippen LogP contribution in [-0.4, -0.2) is 5.52 Å². The summed E-state index contributed by atoms with van der Waals surface area (Å²) in [6.07, 6.45) is 0. The van der Waals surface area contributed by atoms with Gasteiger partial charge in [0.1, 0.15) is 0 Å². The van der Waals surface area contributed by atoms with E-state index in [4.69, 9.17) is 11.6 Å². The first kappa shape index (κ1) is 13.3. The number of carbonyl (C=O) groups is 1. The van der Waals surface area contributed by atoms with E-state index in [0.29, 0.717) is 5.02 Å². The van der Waals surface area contributed by atoms with Gasteiger partial charge in [-0.15, -0.1) is 0 Å². The summed E-state index contributed by atoms with van der Waals surface area (Å²) < 4.78 is 0. The van der Waals surface area contributed by atoms with Gasteiger partial charge in [0.2, 0.25) is 0 Å². The van der Waals surface area contributed by atoms with Crippen molar-refractivity contribution in [2.45, 2.75) is 13.8 Å². The van der Waals surface area contributed by atoms with E-state index in [9.17, 15) is 4.79 Å². The highest BCUT2D eigenvalue weighted by Crippen LogP contribution is 2.24. The number of aryl methyl sites for hydroxylation is 2. The van der Waals surface area contributed by atoms with Gasteiger partial charge in [0.15, 0.2) is 5.52 Å². The second-order valence-corrected chi connectivity index (χ2v) is 5.90.